The van der Waals surface area contributed by atoms with E-state index in [9.17, 15) is 14.3 Å². The first kappa shape index (κ1) is 20.5. The van der Waals surface area contributed by atoms with Crippen molar-refractivity contribution >= 4 is 28.0 Å². The van der Waals surface area contributed by atoms with Crippen LogP contribution in [0.2, 0.25) is 0 Å². The number of hydrogen-bond donors (Lipinski definition) is 2. The number of halogens is 1. The van der Waals surface area contributed by atoms with Gasteiger partial charge in [0, 0.05) is 34.9 Å². The fourth-order valence-electron chi connectivity index (χ4n) is 3.85. The van der Waals surface area contributed by atoms with Crippen LogP contribution in [-0.2, 0) is 4.79 Å². The zero-order valence-electron chi connectivity index (χ0n) is 17.2. The molecule has 4 aromatic heterocycles. The highest BCUT2D eigenvalue weighted by atomic mass is 19.1. The van der Waals surface area contributed by atoms with Gasteiger partial charge >= 0.3 is 5.97 Å². The van der Waals surface area contributed by atoms with E-state index in [4.69, 9.17) is 4.98 Å². The van der Waals surface area contributed by atoms with Crippen molar-refractivity contribution in [1.82, 2.24) is 24.5 Å². The van der Waals surface area contributed by atoms with Gasteiger partial charge in [0.05, 0.1) is 18.2 Å². The Hall–Kier alpha value is -3.81. The predicted octanol–water partition coefficient (Wildman–Crippen LogP) is 4.85. The molecule has 0 saturated heterocycles. The second-order valence-corrected chi connectivity index (χ2v) is 7.66. The molecule has 0 aliphatic heterocycles. The summed E-state index contributed by atoms with van der Waals surface area (Å²) in [6, 6.07) is 0.792. The smallest absolute Gasteiger partial charge is 0.312 e. The number of pyridine rings is 1. The van der Waals surface area contributed by atoms with Gasteiger partial charge in [-0.05, 0) is 17.5 Å². The Morgan fingerprint density at radius 2 is 2.00 bits per heavy atom. The topological polar surface area (TPSA) is 96.7 Å². The molecule has 4 rings (SSSR count). The Balaban J connectivity index is 1.97. The minimum Gasteiger partial charge on any atom is -0.481 e. The van der Waals surface area contributed by atoms with Crippen molar-refractivity contribution in [2.45, 2.75) is 25.8 Å². The number of carboxylic acid groups (broad SMARTS) is 1. The Labute approximate surface area is 178 Å². The van der Waals surface area contributed by atoms with Gasteiger partial charge in [-0.25, -0.2) is 19.3 Å². The van der Waals surface area contributed by atoms with Crippen LogP contribution in [0.25, 0.3) is 33.5 Å². The second kappa shape index (κ2) is 7.79. The van der Waals surface area contributed by atoms with Crippen LogP contribution >= 0.6 is 0 Å². The van der Waals surface area contributed by atoms with Crippen LogP contribution < -0.4 is 0 Å². The predicted molar refractivity (Wildman–Crippen MR) is 117 cm³/mol. The molecule has 0 fully saturated rings. The van der Waals surface area contributed by atoms with Crippen LogP contribution in [-0.4, -0.2) is 35.6 Å². The van der Waals surface area contributed by atoms with E-state index in [0.29, 0.717) is 28.1 Å². The van der Waals surface area contributed by atoms with E-state index in [1.54, 1.807) is 23.0 Å². The van der Waals surface area contributed by atoms with Crippen LogP contribution in [0.1, 0.15) is 31.4 Å². The number of carboxylic acids is 1. The number of hydrogen-bond acceptors (Lipinski definition) is 4. The number of fused-ring (bicyclic) bond motifs is 2. The number of rotatable bonds is 7. The summed E-state index contributed by atoms with van der Waals surface area (Å²) >= 11 is 0. The van der Waals surface area contributed by atoms with Gasteiger partial charge in [0.15, 0.2) is 5.82 Å². The first-order valence-corrected chi connectivity index (χ1v) is 9.84. The monoisotopic (exact) mass is 419 g/mol. The molecule has 0 unspecified atom stereocenters. The van der Waals surface area contributed by atoms with Gasteiger partial charge in [0.25, 0.3) is 0 Å². The number of aromatic nitrogens is 5. The molecule has 0 aromatic carbocycles. The molecule has 0 saturated carbocycles. The molecule has 0 bridgehead atoms. The van der Waals surface area contributed by atoms with Crippen LogP contribution in [0.5, 0.6) is 0 Å². The van der Waals surface area contributed by atoms with Crippen molar-refractivity contribution in [2.75, 3.05) is 0 Å². The number of aliphatic carboxylic acids is 1. The van der Waals surface area contributed by atoms with Crippen molar-refractivity contribution in [3.8, 4) is 11.4 Å². The van der Waals surface area contributed by atoms with Crippen LogP contribution in [0.4, 0.5) is 4.39 Å². The first-order chi connectivity index (χ1) is 14.8. The molecule has 31 heavy (non-hydrogen) atoms. The van der Waals surface area contributed by atoms with Gasteiger partial charge in [-0.15, -0.1) is 13.2 Å². The minimum atomic E-state index is -1.000. The highest BCUT2D eigenvalue weighted by Crippen LogP contribution is 2.34. The number of nitrogens with one attached hydrogen (secondary N) is 1. The van der Waals surface area contributed by atoms with E-state index in [1.807, 2.05) is 20.0 Å². The maximum absolute atomic E-state index is 13.8. The van der Waals surface area contributed by atoms with Gasteiger partial charge < -0.3 is 14.7 Å². The molecule has 2 N–H and O–H groups in total. The molecule has 7 nitrogen and oxygen atoms in total. The first-order valence-electron chi connectivity index (χ1n) is 9.84. The fourth-order valence-corrected chi connectivity index (χ4v) is 3.85. The van der Waals surface area contributed by atoms with Crippen molar-refractivity contribution in [2.24, 2.45) is 5.92 Å². The van der Waals surface area contributed by atoms with Crippen molar-refractivity contribution in [3.63, 3.8) is 0 Å². The maximum atomic E-state index is 13.8. The zero-order valence-corrected chi connectivity index (χ0v) is 17.2. The lowest BCUT2D eigenvalue weighted by Gasteiger charge is -2.20. The van der Waals surface area contributed by atoms with Gasteiger partial charge in [0.2, 0.25) is 0 Å². The van der Waals surface area contributed by atoms with E-state index in [-0.39, 0.29) is 5.92 Å². The van der Waals surface area contributed by atoms with E-state index in [2.05, 4.69) is 28.1 Å². The molecule has 158 valence electrons. The largest absolute Gasteiger partial charge is 0.481 e. The number of nitrogens with zero attached hydrogens (tertiary/aromatic N) is 4. The fraction of sp³-hybridized carbons (Fsp3) is 0.217. The summed E-state index contributed by atoms with van der Waals surface area (Å²) in [6.07, 6.45) is 9.42. The number of carbonyl (C=O) groups is 1. The normalized spacial score (nSPS) is 13.5. The third kappa shape index (κ3) is 3.39. The summed E-state index contributed by atoms with van der Waals surface area (Å²) in [5.41, 5.74) is 2.70. The average Bonchev–Trinajstić information content (AvgIpc) is 3.32. The summed E-state index contributed by atoms with van der Waals surface area (Å²) in [7, 11) is 0. The third-order valence-electron chi connectivity index (χ3n) is 5.43. The molecule has 4 heterocycles. The van der Waals surface area contributed by atoms with Gasteiger partial charge in [-0.2, -0.15) is 0 Å². The molecule has 0 aliphatic rings. The Bertz CT molecular complexity index is 1320. The van der Waals surface area contributed by atoms with Crippen molar-refractivity contribution in [1.29, 1.82) is 0 Å². The Kier molecular flexibility index (Phi) is 5.14. The minimum absolute atomic E-state index is 0.169. The lowest BCUT2D eigenvalue weighted by molar-refractivity contribution is -0.140. The highest BCUT2D eigenvalue weighted by Gasteiger charge is 2.27. The van der Waals surface area contributed by atoms with Crippen LogP contribution in [0.3, 0.4) is 0 Å². The quantitative estimate of drug-likeness (QED) is 0.417. The number of allylic oxidation sites excluding steroid dienone is 1. The standard InChI is InChI=1S/C23H22FN5O2/c1-5-14(23(30)31)19(6-2)29-11-18(12(3)4)17-10-27-21(28-22(17)29)16-9-26-20-15(16)7-13(24)8-25-20/h5-12,14,19H,1-2H2,3-4H3,(H,25,26)(H,30,31)/t14-,19-/m1/s1. The molecule has 0 radical (unpaired) electrons. The van der Waals surface area contributed by atoms with E-state index < -0.39 is 23.7 Å². The van der Waals surface area contributed by atoms with E-state index in [0.717, 1.165) is 17.1 Å². The summed E-state index contributed by atoms with van der Waals surface area (Å²) in [4.78, 5) is 28.1. The molecular formula is C23H22FN5O2. The van der Waals surface area contributed by atoms with Crippen molar-refractivity contribution in [3.05, 3.63) is 67.5 Å². The number of H-pyrrole nitrogens is 1. The number of aromatic amines is 1. The Morgan fingerprint density at radius 3 is 2.65 bits per heavy atom. The third-order valence-corrected chi connectivity index (χ3v) is 5.43. The molecule has 0 aliphatic carbocycles. The summed E-state index contributed by atoms with van der Waals surface area (Å²) in [5, 5.41) is 11.0. The molecule has 2 atom stereocenters. The molecule has 8 heteroatoms. The maximum Gasteiger partial charge on any atom is 0.312 e. The van der Waals surface area contributed by atoms with Gasteiger partial charge in [-0.3, -0.25) is 4.79 Å². The van der Waals surface area contributed by atoms with Gasteiger partial charge in [0.1, 0.15) is 17.1 Å². The highest BCUT2D eigenvalue weighted by molar-refractivity contribution is 5.93. The average molecular weight is 419 g/mol. The Morgan fingerprint density at radius 1 is 1.23 bits per heavy atom. The molecule has 4 aromatic rings. The molecule has 0 spiro atoms. The summed E-state index contributed by atoms with van der Waals surface area (Å²) in [5.74, 6) is -1.78. The van der Waals surface area contributed by atoms with E-state index in [1.165, 1.54) is 12.1 Å². The molecular weight excluding hydrogens is 397 g/mol. The van der Waals surface area contributed by atoms with Crippen molar-refractivity contribution < 1.29 is 14.3 Å². The SMILES string of the molecule is C=C[C@H]([C@@H](C=C)C(=O)O)n1cc(C(C)C)c2cnc(-c3c[nH]c4ncc(F)cc34)nc21. The lowest BCUT2D eigenvalue weighted by atomic mass is 10.00. The zero-order chi connectivity index (χ0) is 22.3. The summed E-state index contributed by atoms with van der Waals surface area (Å²) in [6.45, 7) is 11.6. The van der Waals surface area contributed by atoms with Gasteiger partial charge in [-0.1, -0.05) is 26.0 Å². The summed E-state index contributed by atoms with van der Waals surface area (Å²) < 4.78 is 15.6. The second-order valence-electron chi connectivity index (χ2n) is 7.66. The lowest BCUT2D eigenvalue weighted by Crippen LogP contribution is -2.23. The van der Waals surface area contributed by atoms with Crippen LogP contribution in [0, 0.1) is 11.7 Å². The molecule has 0 amide bonds. The van der Waals surface area contributed by atoms with Crippen LogP contribution in [0.15, 0.2) is 56.2 Å². The van der Waals surface area contributed by atoms with E-state index >= 15 is 0 Å².